The number of para-hydroxylation sites is 1. The van der Waals surface area contributed by atoms with Crippen LogP contribution in [0.2, 0.25) is 0 Å². The summed E-state index contributed by atoms with van der Waals surface area (Å²) in [5, 5.41) is 20.0. The number of fused-ring (bicyclic) bond motifs is 1. The van der Waals surface area contributed by atoms with Crippen molar-refractivity contribution in [3.05, 3.63) is 83.4 Å². The first-order valence-electron chi connectivity index (χ1n) is 12.8. The molecule has 212 valence electrons. The van der Waals surface area contributed by atoms with Gasteiger partial charge in [-0.05, 0) is 61.4 Å². The van der Waals surface area contributed by atoms with Crippen LogP contribution < -0.4 is 14.5 Å². The summed E-state index contributed by atoms with van der Waals surface area (Å²) in [6.07, 6.45) is -5.76. The van der Waals surface area contributed by atoms with Crippen LogP contribution in [-0.4, -0.2) is 42.5 Å². The number of hydrogen-bond donors (Lipinski definition) is 2. The Morgan fingerprint density at radius 2 is 1.70 bits per heavy atom. The van der Waals surface area contributed by atoms with Gasteiger partial charge in [-0.25, -0.2) is 13.8 Å². The van der Waals surface area contributed by atoms with E-state index in [0.29, 0.717) is 37.3 Å². The second kappa shape index (κ2) is 11.1. The first kappa shape index (κ1) is 27.9. The van der Waals surface area contributed by atoms with Gasteiger partial charge in [0, 0.05) is 36.7 Å². The fourth-order valence-electron chi connectivity index (χ4n) is 5.50. The number of rotatable bonds is 6. The van der Waals surface area contributed by atoms with Crippen LogP contribution in [0.5, 0.6) is 5.75 Å². The summed E-state index contributed by atoms with van der Waals surface area (Å²) in [7, 11) is 1.33. The zero-order valence-corrected chi connectivity index (χ0v) is 21.6. The highest BCUT2D eigenvalue weighted by Crippen LogP contribution is 2.47. The number of piperidine rings is 1. The van der Waals surface area contributed by atoms with Crippen LogP contribution in [0, 0.1) is 17.6 Å². The van der Waals surface area contributed by atoms with Gasteiger partial charge < -0.3 is 24.7 Å². The lowest BCUT2D eigenvalue weighted by molar-refractivity contribution is -0.137. The van der Waals surface area contributed by atoms with Crippen molar-refractivity contribution in [2.45, 2.75) is 37.8 Å². The van der Waals surface area contributed by atoms with Crippen LogP contribution in [0.3, 0.4) is 0 Å². The van der Waals surface area contributed by atoms with Crippen molar-refractivity contribution in [3.63, 3.8) is 0 Å². The van der Waals surface area contributed by atoms with Gasteiger partial charge in [0.15, 0.2) is 6.29 Å². The summed E-state index contributed by atoms with van der Waals surface area (Å²) in [5.74, 6) is -0.825. The van der Waals surface area contributed by atoms with Gasteiger partial charge in [0.05, 0.1) is 24.4 Å². The number of aliphatic imine (C=N–C) groups is 1. The molecule has 2 heterocycles. The molecule has 0 aromatic heterocycles. The maximum Gasteiger partial charge on any atom is 0.416 e. The van der Waals surface area contributed by atoms with Crippen LogP contribution in [0.1, 0.15) is 36.4 Å². The Labute approximate surface area is 227 Å². The number of amidine groups is 1. The van der Waals surface area contributed by atoms with Crippen molar-refractivity contribution in [3.8, 4) is 5.75 Å². The average Bonchev–Trinajstić information content (AvgIpc) is 2.93. The van der Waals surface area contributed by atoms with Crippen molar-refractivity contribution in [2.75, 3.05) is 30.0 Å². The quantitative estimate of drug-likeness (QED) is 0.277. The normalized spacial score (nSPS) is 18.1. The van der Waals surface area contributed by atoms with Crippen molar-refractivity contribution in [1.29, 1.82) is 0 Å². The molecule has 1 unspecified atom stereocenters. The van der Waals surface area contributed by atoms with Gasteiger partial charge in [0.1, 0.15) is 28.9 Å². The number of anilines is 2. The number of methoxy groups -OCH3 is 1. The molecule has 1 saturated heterocycles. The Morgan fingerprint density at radius 1 is 1.00 bits per heavy atom. The molecule has 1 atom stereocenters. The summed E-state index contributed by atoms with van der Waals surface area (Å²) < 4.78 is 75.4. The van der Waals surface area contributed by atoms with Crippen molar-refractivity contribution in [2.24, 2.45) is 10.9 Å². The van der Waals surface area contributed by atoms with E-state index in [1.54, 1.807) is 18.2 Å². The molecule has 3 aromatic rings. The summed E-state index contributed by atoms with van der Waals surface area (Å²) in [6, 6.07) is 12.5. The lowest BCUT2D eigenvalue weighted by atomic mass is 9.89. The van der Waals surface area contributed by atoms with E-state index in [0.717, 1.165) is 17.8 Å². The molecule has 0 aliphatic carbocycles. The molecule has 0 spiro atoms. The number of halogens is 5. The Hall–Kier alpha value is -3.70. The van der Waals surface area contributed by atoms with Crippen molar-refractivity contribution in [1.82, 2.24) is 0 Å². The van der Waals surface area contributed by atoms with Crippen molar-refractivity contribution < 1.29 is 36.9 Å². The van der Waals surface area contributed by atoms with Gasteiger partial charge in [-0.15, -0.1) is 0 Å². The average molecular weight is 562 g/mol. The summed E-state index contributed by atoms with van der Waals surface area (Å²) >= 11 is 0. The topological polar surface area (TPSA) is 68.5 Å². The van der Waals surface area contributed by atoms with Crippen LogP contribution in [-0.2, 0) is 6.18 Å². The van der Waals surface area contributed by atoms with Crippen LogP contribution in [0.4, 0.5) is 39.0 Å². The molecule has 3 aromatic carbocycles. The molecule has 2 aliphatic heterocycles. The fourth-order valence-corrected chi connectivity index (χ4v) is 5.50. The minimum Gasteiger partial charge on any atom is -0.495 e. The highest BCUT2D eigenvalue weighted by atomic mass is 19.4. The second-order valence-corrected chi connectivity index (χ2v) is 9.87. The van der Waals surface area contributed by atoms with Crippen LogP contribution in [0.25, 0.3) is 0 Å². The van der Waals surface area contributed by atoms with Crippen LogP contribution in [0.15, 0.2) is 65.7 Å². The van der Waals surface area contributed by atoms with E-state index in [-0.39, 0.29) is 35.3 Å². The zero-order chi connectivity index (χ0) is 28.6. The van der Waals surface area contributed by atoms with Gasteiger partial charge in [-0.2, -0.15) is 13.2 Å². The number of benzene rings is 3. The number of aliphatic hydroxyl groups is 2. The molecule has 2 aliphatic rings. The fraction of sp³-hybridized carbons (Fsp3) is 0.345. The third kappa shape index (κ3) is 5.48. The molecule has 0 bridgehead atoms. The number of hydrogen-bond acceptors (Lipinski definition) is 6. The van der Waals surface area contributed by atoms with E-state index in [1.807, 2.05) is 0 Å². The molecule has 6 nitrogen and oxygen atoms in total. The first-order chi connectivity index (χ1) is 19.1. The monoisotopic (exact) mass is 561 g/mol. The lowest BCUT2D eigenvalue weighted by Crippen LogP contribution is -2.46. The smallest absolute Gasteiger partial charge is 0.416 e. The van der Waals surface area contributed by atoms with Gasteiger partial charge in [-0.3, -0.25) is 0 Å². The molecule has 1 fully saturated rings. The molecular weight excluding hydrogens is 533 g/mol. The predicted molar refractivity (Wildman–Crippen MR) is 141 cm³/mol. The van der Waals surface area contributed by atoms with Gasteiger partial charge >= 0.3 is 6.18 Å². The molecule has 0 amide bonds. The van der Waals surface area contributed by atoms with Gasteiger partial charge in [-0.1, -0.05) is 12.1 Å². The SMILES string of the molecule is COc1ccc(C(F)(F)F)cc1N1C(C2CCN(c3ccc(F)cc3)CC2)=Nc2c(F)cccc2C1CC(O)O. The van der Waals surface area contributed by atoms with Gasteiger partial charge in [0.2, 0.25) is 0 Å². The summed E-state index contributed by atoms with van der Waals surface area (Å²) in [5.41, 5.74) is 0.297. The van der Waals surface area contributed by atoms with Gasteiger partial charge in [0.25, 0.3) is 0 Å². The zero-order valence-electron chi connectivity index (χ0n) is 21.6. The maximum absolute atomic E-state index is 15.1. The lowest BCUT2D eigenvalue weighted by Gasteiger charge is -2.44. The Kier molecular flexibility index (Phi) is 7.70. The molecular formula is C29H28F5N3O3. The minimum atomic E-state index is -4.65. The first-order valence-corrected chi connectivity index (χ1v) is 12.8. The number of aliphatic hydroxyl groups excluding tert-OH is 1. The van der Waals surface area contributed by atoms with E-state index in [9.17, 15) is 27.8 Å². The Bertz CT molecular complexity index is 1390. The maximum atomic E-state index is 15.1. The molecule has 0 saturated carbocycles. The summed E-state index contributed by atoms with van der Waals surface area (Å²) in [6.45, 7) is 1.08. The molecule has 40 heavy (non-hydrogen) atoms. The second-order valence-electron chi connectivity index (χ2n) is 9.87. The number of alkyl halides is 3. The highest BCUT2D eigenvalue weighted by molar-refractivity contribution is 6.04. The molecule has 11 heteroatoms. The van der Waals surface area contributed by atoms with E-state index < -0.39 is 29.9 Å². The third-order valence-corrected chi connectivity index (χ3v) is 7.41. The molecule has 0 radical (unpaired) electrons. The van der Waals surface area contributed by atoms with Crippen molar-refractivity contribution >= 4 is 22.9 Å². The molecule has 5 rings (SSSR count). The van der Waals surface area contributed by atoms with E-state index in [4.69, 9.17) is 4.74 Å². The Balaban J connectivity index is 1.61. The number of ether oxygens (including phenoxy) is 1. The van der Waals surface area contributed by atoms with E-state index >= 15 is 4.39 Å². The highest BCUT2D eigenvalue weighted by Gasteiger charge is 2.40. The van der Waals surface area contributed by atoms with Crippen LogP contribution >= 0.6 is 0 Å². The summed E-state index contributed by atoms with van der Waals surface area (Å²) in [4.78, 5) is 8.26. The largest absolute Gasteiger partial charge is 0.495 e. The third-order valence-electron chi connectivity index (χ3n) is 7.41. The van der Waals surface area contributed by atoms with E-state index in [1.165, 1.54) is 42.3 Å². The Morgan fingerprint density at radius 3 is 2.33 bits per heavy atom. The predicted octanol–water partition coefficient (Wildman–Crippen LogP) is 6.20. The minimum absolute atomic E-state index is 0.0197. The molecule has 2 N–H and O–H groups in total. The standard InChI is InChI=1S/C29H28F5N3O3/c1-40-25-10-5-18(29(32,33)34)15-24(25)37-23(16-26(38)39)21-3-2-4-22(31)27(21)35-28(37)17-11-13-36(14-12-17)20-8-6-19(30)7-9-20/h2-10,15,17,23,26,38-39H,11-14,16H2,1H3. The van der Waals surface area contributed by atoms with E-state index in [2.05, 4.69) is 9.89 Å². The number of nitrogens with zero attached hydrogens (tertiary/aromatic N) is 3.